The summed E-state index contributed by atoms with van der Waals surface area (Å²) >= 11 is 0. The van der Waals surface area contributed by atoms with Crippen molar-refractivity contribution in [3.05, 3.63) is 304 Å². The van der Waals surface area contributed by atoms with Gasteiger partial charge in [0.2, 0.25) is 0 Å². The molecule has 0 radical (unpaired) electrons. The molecule has 118 heavy (non-hydrogen) atoms. The van der Waals surface area contributed by atoms with E-state index in [-0.39, 0.29) is 92.0 Å². The molecule has 38 heteroatoms. The normalized spacial score (nSPS) is 11.1. The Labute approximate surface area is 666 Å². The molecule has 14 aromatic rings. The van der Waals surface area contributed by atoms with E-state index >= 15 is 0 Å². The van der Waals surface area contributed by atoms with Crippen LogP contribution in [0.3, 0.4) is 0 Å². The molecule has 10 aromatic heterocycles. The summed E-state index contributed by atoms with van der Waals surface area (Å²) in [4.78, 5) is 145. The summed E-state index contributed by atoms with van der Waals surface area (Å²) in [7, 11) is -6.27. The van der Waals surface area contributed by atoms with Crippen LogP contribution in [0.1, 0.15) is 108 Å². The summed E-state index contributed by atoms with van der Waals surface area (Å²) < 4.78 is 96.0. The van der Waals surface area contributed by atoms with Gasteiger partial charge in [-0.25, -0.2) is 54.3 Å². The lowest BCUT2D eigenvalue weighted by Crippen LogP contribution is -2.35. The van der Waals surface area contributed by atoms with E-state index in [1.807, 2.05) is 110 Å². The van der Waals surface area contributed by atoms with E-state index < -0.39 is 83.9 Å². The van der Waals surface area contributed by atoms with Crippen LogP contribution in [0.15, 0.2) is 218 Å². The zero-order valence-corrected chi connectivity index (χ0v) is 64.7. The Morgan fingerprint density at radius 2 is 0.788 bits per heavy atom. The standard InChI is InChI=1S/C23H22N4O5.C20H18N4O3.C19H16F3N3O7S.C18H17N3O5/c1-3-30-23(29)19-20(24-12-17-10-7-11-31-17)18-15(2)25-14-26-21(18)27(22(19)28)32-13-16-8-5-4-6-9-16;1-14-19-17(21-11-16-8-5-9-26-16)10-18(25)24(20(19)23-13-22-14)27-12-15-6-3-2-4-7-15;1-3-30-18(27)14-15(32-33(28,29)19(20,21)22)13-11(2)23-10-24-16(13)25(17(14)26)31-9-12-7-5-4-6-8-12;1-3-25-18(24)14-15(22)13-11(2)19-10-20-16(13)21(17(14)23)26-9-12-7-5-4-6-8-12/h4-11,14,24H,3,12-13H2,1-2H3;2-10,13,21H,11-12H2,1H3;4-8,10H,3,9H2,1-2H3;4-8,10,22H,3,9H2,1-2H3. The number of anilines is 2. The van der Waals surface area contributed by atoms with Crippen LogP contribution >= 0.6 is 0 Å². The zero-order chi connectivity index (χ0) is 84.2. The van der Waals surface area contributed by atoms with Crippen LogP contribution in [0, 0.1) is 27.7 Å². The molecular formula is C80H73F3N14O20S. The molecule has 10 heterocycles. The third-order valence-electron chi connectivity index (χ3n) is 17.0. The van der Waals surface area contributed by atoms with Gasteiger partial charge in [-0.05, 0) is 95.0 Å². The zero-order valence-electron chi connectivity index (χ0n) is 63.9. The average Bonchev–Trinajstić information content (AvgIpc) is 0.788. The van der Waals surface area contributed by atoms with Crippen molar-refractivity contribution >= 4 is 83.5 Å². The number of benzene rings is 4. The summed E-state index contributed by atoms with van der Waals surface area (Å²) in [6.07, 6.45) is 8.16. The number of furan rings is 2. The molecule has 3 N–H and O–H groups in total. The molecule has 34 nitrogen and oxygen atoms in total. The first-order valence-electron chi connectivity index (χ1n) is 35.8. The number of aromatic nitrogens is 12. The molecule has 4 aromatic carbocycles. The van der Waals surface area contributed by atoms with Crippen molar-refractivity contribution in [2.75, 3.05) is 30.5 Å². The highest BCUT2D eigenvalue weighted by Gasteiger charge is 2.50. The lowest BCUT2D eigenvalue weighted by atomic mass is 10.1. The van der Waals surface area contributed by atoms with Gasteiger partial charge in [-0.2, -0.15) is 21.6 Å². The van der Waals surface area contributed by atoms with Crippen LogP contribution < -0.4 is 56.4 Å². The number of rotatable bonds is 26. The van der Waals surface area contributed by atoms with E-state index in [0.717, 1.165) is 49.3 Å². The topological polar surface area (TPSA) is 421 Å². The van der Waals surface area contributed by atoms with E-state index in [9.17, 15) is 60.3 Å². The van der Waals surface area contributed by atoms with E-state index in [1.165, 1.54) is 43.6 Å². The SMILES string of the molecule is CCOC(=O)c1c(NCc2ccco2)c2c(C)ncnc2n(OCc2ccccc2)c1=O.CCOC(=O)c1c(O)c2c(C)ncnc2n(OCc2ccccc2)c1=O.CCOC(=O)c1c(OS(=O)(=O)C(F)(F)F)c2c(C)ncnc2n(OCc2ccccc2)c1=O.Cc1ncnc2c1c(NCc1ccco1)cc(=O)n2OCc1ccccc1. The minimum absolute atomic E-state index is 0.0604. The number of aryl methyl sites for hydroxylation is 4. The molecule has 0 spiro atoms. The molecule has 0 bridgehead atoms. The van der Waals surface area contributed by atoms with Gasteiger partial charge >= 0.3 is 50.2 Å². The van der Waals surface area contributed by atoms with Gasteiger partial charge in [-0.1, -0.05) is 121 Å². The number of esters is 3. The van der Waals surface area contributed by atoms with Crippen molar-refractivity contribution in [3.63, 3.8) is 0 Å². The Morgan fingerprint density at radius 1 is 0.441 bits per heavy atom. The fourth-order valence-corrected chi connectivity index (χ4v) is 12.0. The predicted octanol–water partition coefficient (Wildman–Crippen LogP) is 9.79. The van der Waals surface area contributed by atoms with Gasteiger partial charge in [0.1, 0.15) is 69.0 Å². The molecule has 14 rings (SSSR count). The summed E-state index contributed by atoms with van der Waals surface area (Å²) in [5.74, 6) is -3.44. The van der Waals surface area contributed by atoms with Crippen molar-refractivity contribution in [1.29, 1.82) is 0 Å². The molecule has 610 valence electrons. The first kappa shape index (κ1) is 84.1. The molecule has 0 saturated heterocycles. The van der Waals surface area contributed by atoms with Crippen LogP contribution in [-0.4, -0.2) is 116 Å². The van der Waals surface area contributed by atoms with E-state index in [0.29, 0.717) is 50.7 Å². The number of aromatic hydroxyl groups is 1. The first-order valence-corrected chi connectivity index (χ1v) is 37.3. The summed E-state index contributed by atoms with van der Waals surface area (Å²) in [6.45, 7) is 12.1. The van der Waals surface area contributed by atoms with Gasteiger partial charge in [0.25, 0.3) is 5.56 Å². The molecule has 0 aliphatic carbocycles. The quantitative estimate of drug-likeness (QED) is 0.0196. The van der Waals surface area contributed by atoms with Gasteiger partial charge in [0.05, 0.1) is 101 Å². The number of ether oxygens (including phenoxy) is 3. The number of carbonyl (C=O) groups is 3. The Hall–Kier alpha value is -14.9. The lowest BCUT2D eigenvalue weighted by molar-refractivity contribution is -0.0500. The van der Waals surface area contributed by atoms with Crippen molar-refractivity contribution in [2.45, 2.75) is 93.5 Å². The Kier molecular flexibility index (Phi) is 27.3. The number of pyridine rings is 4. The highest BCUT2D eigenvalue weighted by molar-refractivity contribution is 7.88. The number of alkyl halides is 3. The number of hydrogen-bond donors (Lipinski definition) is 3. The van der Waals surface area contributed by atoms with Crippen molar-refractivity contribution < 1.29 is 87.7 Å². The Bertz CT molecular complexity index is 6290. The monoisotopic (exact) mass is 1640 g/mol. The molecule has 0 aliphatic heterocycles. The minimum Gasteiger partial charge on any atom is -0.506 e. The average molecular weight is 1640 g/mol. The third-order valence-corrected chi connectivity index (χ3v) is 17.9. The minimum atomic E-state index is -6.27. The van der Waals surface area contributed by atoms with Gasteiger partial charge < -0.3 is 62.3 Å². The van der Waals surface area contributed by atoms with Gasteiger partial charge in [-0.3, -0.25) is 19.2 Å². The smallest absolute Gasteiger partial charge is 0.506 e. The first-order chi connectivity index (χ1) is 56.8. The number of fused-ring (bicyclic) bond motifs is 4. The summed E-state index contributed by atoms with van der Waals surface area (Å²) in [6, 6.07) is 45.5. The maximum Gasteiger partial charge on any atom is 0.534 e. The summed E-state index contributed by atoms with van der Waals surface area (Å²) in [5, 5.41) is 17.7. The maximum absolute atomic E-state index is 13.4. The highest BCUT2D eigenvalue weighted by Crippen LogP contribution is 2.36. The van der Waals surface area contributed by atoms with Crippen molar-refractivity contribution in [1.82, 2.24) is 58.8 Å². The Morgan fingerprint density at radius 3 is 1.20 bits per heavy atom. The van der Waals surface area contributed by atoms with Crippen LogP contribution in [0.2, 0.25) is 0 Å². The van der Waals surface area contributed by atoms with Crippen LogP contribution in [0.4, 0.5) is 24.5 Å². The fourth-order valence-electron chi connectivity index (χ4n) is 11.5. The molecule has 0 atom stereocenters. The van der Waals surface area contributed by atoms with E-state index in [2.05, 4.69) is 54.7 Å². The van der Waals surface area contributed by atoms with E-state index in [4.69, 9.17) is 42.4 Å². The van der Waals surface area contributed by atoms with Gasteiger partial charge in [0.15, 0.2) is 45.0 Å². The van der Waals surface area contributed by atoms with Gasteiger partial charge in [0, 0.05) is 6.07 Å². The second kappa shape index (κ2) is 38.3. The number of hydrogen-bond acceptors (Lipinski definition) is 30. The third kappa shape index (κ3) is 19.5. The second-order valence-corrected chi connectivity index (χ2v) is 26.4. The van der Waals surface area contributed by atoms with Crippen molar-refractivity contribution in [3.8, 4) is 11.5 Å². The maximum atomic E-state index is 13.4. The number of nitrogens with one attached hydrogen (secondary N) is 2. The lowest BCUT2D eigenvalue weighted by Gasteiger charge is -2.18. The van der Waals surface area contributed by atoms with Crippen molar-refractivity contribution in [2.24, 2.45) is 0 Å². The van der Waals surface area contributed by atoms with Crippen LogP contribution in [0.25, 0.3) is 44.1 Å². The molecule has 0 unspecified atom stereocenters. The number of halogens is 3. The largest absolute Gasteiger partial charge is 0.534 e. The molecule has 0 fully saturated rings. The van der Waals surface area contributed by atoms with Crippen LogP contribution in [-0.2, 0) is 63.8 Å². The number of carbonyl (C=O) groups excluding carboxylic acids is 3. The number of nitrogens with zero attached hydrogens (tertiary/aromatic N) is 12. The van der Waals surface area contributed by atoms with Crippen LogP contribution in [0.5, 0.6) is 11.5 Å². The van der Waals surface area contributed by atoms with Gasteiger partial charge in [-0.15, -0.1) is 18.9 Å². The molecule has 0 aliphatic rings. The predicted molar refractivity (Wildman–Crippen MR) is 418 cm³/mol. The fraction of sp³-hybridized carbons (Fsp3) is 0.212. The molecule has 0 saturated carbocycles. The molecule has 0 amide bonds. The summed E-state index contributed by atoms with van der Waals surface area (Å²) in [5.41, 5.74) is -4.68. The second-order valence-electron chi connectivity index (χ2n) is 24.8. The molecular weight excluding hydrogens is 1570 g/mol. The van der Waals surface area contributed by atoms with E-state index in [1.54, 1.807) is 82.7 Å². The Balaban J connectivity index is 0.000000155. The highest BCUT2D eigenvalue weighted by atomic mass is 32.2.